The van der Waals surface area contributed by atoms with Crippen molar-refractivity contribution in [1.82, 2.24) is 34.6 Å². The molecule has 2 aromatic heterocycles. The van der Waals surface area contributed by atoms with Crippen molar-refractivity contribution < 1.29 is 33.1 Å². The predicted octanol–water partition coefficient (Wildman–Crippen LogP) is 5.89. The highest BCUT2D eigenvalue weighted by atomic mass is 32.1. The first-order valence-corrected chi connectivity index (χ1v) is 23.8. The number of aromatic nitrogens is 3. The van der Waals surface area contributed by atoms with Gasteiger partial charge in [0.2, 0.25) is 11.8 Å². The van der Waals surface area contributed by atoms with Gasteiger partial charge in [-0.3, -0.25) is 39.5 Å². The van der Waals surface area contributed by atoms with Crippen molar-refractivity contribution in [2.24, 2.45) is 5.92 Å². The molecule has 1 atom stereocenters. The maximum atomic E-state index is 15.9. The molecule has 0 radical (unpaired) electrons. The summed E-state index contributed by atoms with van der Waals surface area (Å²) in [5, 5.41) is 10.9. The van der Waals surface area contributed by atoms with Crippen LogP contribution in [-0.4, -0.2) is 103 Å². The van der Waals surface area contributed by atoms with Crippen LogP contribution in [0.5, 0.6) is 5.75 Å². The molecule has 4 saturated heterocycles. The highest BCUT2D eigenvalue weighted by molar-refractivity contribution is 7.13. The van der Waals surface area contributed by atoms with Crippen LogP contribution in [0, 0.1) is 11.7 Å². The van der Waals surface area contributed by atoms with Crippen LogP contribution in [0.2, 0.25) is 0 Å². The molecule has 3 aromatic carbocycles. The highest BCUT2D eigenvalue weighted by Crippen LogP contribution is 2.44. The highest BCUT2D eigenvalue weighted by Gasteiger charge is 2.57. The zero-order valence-corrected chi connectivity index (χ0v) is 37.2. The Bertz CT molecular complexity index is 2700. The Labute approximate surface area is 384 Å². The van der Waals surface area contributed by atoms with Crippen LogP contribution in [-0.2, 0) is 38.7 Å². The Balaban J connectivity index is 0.658. The van der Waals surface area contributed by atoms with Crippen LogP contribution >= 0.6 is 11.3 Å². The molecule has 1 saturated carbocycles. The van der Waals surface area contributed by atoms with Crippen LogP contribution in [0.3, 0.4) is 0 Å². The van der Waals surface area contributed by atoms with Gasteiger partial charge in [0.1, 0.15) is 23.2 Å². The molecule has 1 aliphatic carbocycles. The minimum Gasteiger partial charge on any atom is -0.490 e. The number of fused-ring (bicyclic) bond motifs is 4. The van der Waals surface area contributed by atoms with E-state index in [2.05, 4.69) is 43.0 Å². The van der Waals surface area contributed by atoms with Gasteiger partial charge in [0, 0.05) is 72.5 Å². The molecule has 5 fully saturated rings. The lowest BCUT2D eigenvalue weighted by molar-refractivity contribution is -0.149. The summed E-state index contributed by atoms with van der Waals surface area (Å²) in [5.74, 6) is -0.652. The van der Waals surface area contributed by atoms with Gasteiger partial charge in [0.15, 0.2) is 11.2 Å². The van der Waals surface area contributed by atoms with Gasteiger partial charge in [0.05, 0.1) is 25.1 Å². The van der Waals surface area contributed by atoms with Crippen LogP contribution in [0.25, 0.3) is 11.1 Å². The lowest BCUT2D eigenvalue weighted by Gasteiger charge is -2.50. The Morgan fingerprint density at radius 1 is 0.909 bits per heavy atom. The molecule has 8 heterocycles. The van der Waals surface area contributed by atoms with Crippen molar-refractivity contribution in [3.8, 4) is 16.9 Å². The first-order valence-electron chi connectivity index (χ1n) is 23.0. The fraction of sp³-hybridized carbons (Fsp3) is 0.408. The number of amides is 5. The van der Waals surface area contributed by atoms with Crippen molar-refractivity contribution in [2.75, 3.05) is 43.4 Å². The van der Waals surface area contributed by atoms with E-state index in [-0.39, 0.29) is 47.4 Å². The van der Waals surface area contributed by atoms with Crippen LogP contribution in [0.1, 0.15) is 89.8 Å². The normalized spacial score (nSPS) is 22.4. The molecule has 5 aromatic rings. The number of imide groups is 1. The van der Waals surface area contributed by atoms with Gasteiger partial charge in [-0.1, -0.05) is 24.3 Å². The van der Waals surface area contributed by atoms with E-state index in [1.807, 2.05) is 45.9 Å². The van der Waals surface area contributed by atoms with E-state index in [1.165, 1.54) is 27.9 Å². The summed E-state index contributed by atoms with van der Waals surface area (Å²) in [6.45, 7) is 4.06. The van der Waals surface area contributed by atoms with Gasteiger partial charge in [0.25, 0.3) is 17.7 Å². The lowest BCUT2D eigenvalue weighted by Crippen LogP contribution is -2.69. The summed E-state index contributed by atoms with van der Waals surface area (Å²) in [6, 6.07) is 17.8. The molecule has 6 aliphatic heterocycles. The van der Waals surface area contributed by atoms with E-state index in [4.69, 9.17) is 4.74 Å². The maximum Gasteiger partial charge on any atom is 0.255 e. The molecule has 17 heteroatoms. The first kappa shape index (κ1) is 42.2. The number of piperidine rings is 4. The Morgan fingerprint density at radius 3 is 2.41 bits per heavy atom. The SMILES string of the molecule is O=C1NC(=O)C2(Nc3ccc(C4CCN(CC(=O)N5CCC(Oc6ccc(-c7cc(F)c8c(c7)C(=O)N(C(C(=O)Nc7nccs7)c7ncn9c7CCC9)C8)cc6)CC5)CC4)cc3)CC1C2. The summed E-state index contributed by atoms with van der Waals surface area (Å²) < 4.78 is 24.3. The van der Waals surface area contributed by atoms with Gasteiger partial charge in [-0.15, -0.1) is 11.3 Å². The second-order valence-corrected chi connectivity index (χ2v) is 19.4. The summed E-state index contributed by atoms with van der Waals surface area (Å²) in [5.41, 5.74) is 4.60. The number of carbonyl (C=O) groups excluding carboxylic acids is 5. The van der Waals surface area contributed by atoms with Gasteiger partial charge in [-0.05, 0) is 111 Å². The number of halogens is 1. The molecule has 3 N–H and O–H groups in total. The molecule has 5 amide bonds. The van der Waals surface area contributed by atoms with E-state index < -0.39 is 29.2 Å². The molecule has 12 rings (SSSR count). The van der Waals surface area contributed by atoms with Gasteiger partial charge >= 0.3 is 0 Å². The zero-order chi connectivity index (χ0) is 45.1. The molecular formula is C49H50FN9O6S. The fourth-order valence-corrected chi connectivity index (χ4v) is 11.3. The number of likely N-dealkylation sites (tertiary alicyclic amines) is 2. The molecule has 66 heavy (non-hydrogen) atoms. The monoisotopic (exact) mass is 911 g/mol. The van der Waals surface area contributed by atoms with Gasteiger partial charge in [-0.25, -0.2) is 14.4 Å². The van der Waals surface area contributed by atoms with E-state index >= 15 is 4.39 Å². The number of anilines is 2. The van der Waals surface area contributed by atoms with Crippen molar-refractivity contribution >= 4 is 51.7 Å². The third-order valence-corrected chi connectivity index (χ3v) is 15.2. The standard InChI is InChI=1S/C49H50FN9O6S/c50-39-23-32(22-37-38(39)26-59(46(37)63)43(45(62)54-48-51-15-21-66-48)42-40-2-1-16-58(40)28-52-42)30-5-9-35(10-6-30)65-36-13-19-57(20-14-36)41(60)27-56-17-11-31(12-18-56)29-3-7-34(8-4-29)55-49-24-33(25-49)44(61)53-47(49)64/h3-10,15,21-23,28,31,33,36,43,55H,1-2,11-14,16-20,24-27H2,(H,51,54,62)(H,53,61,64). The van der Waals surface area contributed by atoms with E-state index in [1.54, 1.807) is 24.0 Å². The largest absolute Gasteiger partial charge is 0.490 e. The average Bonchev–Trinajstić information content (AvgIpc) is 4.14. The number of benzene rings is 3. The van der Waals surface area contributed by atoms with Crippen molar-refractivity contribution in [2.45, 2.75) is 88.1 Å². The number of imidazole rings is 1. The topological polar surface area (TPSA) is 171 Å². The molecule has 0 spiro atoms. The summed E-state index contributed by atoms with van der Waals surface area (Å²) in [7, 11) is 0. The van der Waals surface area contributed by atoms with E-state index in [0.29, 0.717) is 73.4 Å². The zero-order valence-electron chi connectivity index (χ0n) is 36.3. The predicted molar refractivity (Wildman–Crippen MR) is 243 cm³/mol. The molecule has 340 valence electrons. The van der Waals surface area contributed by atoms with E-state index in [0.717, 1.165) is 62.3 Å². The number of hydrogen-bond donors (Lipinski definition) is 3. The number of ether oxygens (including phenoxy) is 1. The Hall–Kier alpha value is -6.46. The fourth-order valence-electron chi connectivity index (χ4n) is 10.8. The van der Waals surface area contributed by atoms with Crippen molar-refractivity contribution in [3.05, 3.63) is 112 Å². The second-order valence-electron chi connectivity index (χ2n) is 18.5. The van der Waals surface area contributed by atoms with E-state index in [9.17, 15) is 24.0 Å². The number of hydrogen-bond acceptors (Lipinski definition) is 11. The van der Waals surface area contributed by atoms with Crippen LogP contribution < -0.4 is 20.7 Å². The van der Waals surface area contributed by atoms with Crippen molar-refractivity contribution in [1.29, 1.82) is 0 Å². The number of rotatable bonds is 12. The number of nitrogens with one attached hydrogen (secondary N) is 3. The molecule has 2 bridgehead atoms. The lowest BCUT2D eigenvalue weighted by atomic mass is 9.64. The quantitative estimate of drug-likeness (QED) is 0.128. The smallest absolute Gasteiger partial charge is 0.255 e. The average molecular weight is 912 g/mol. The minimum atomic E-state index is -1.06. The maximum absolute atomic E-state index is 15.9. The summed E-state index contributed by atoms with van der Waals surface area (Å²) in [4.78, 5) is 80.0. The second kappa shape index (κ2) is 17.1. The number of carbonyl (C=O) groups is 5. The molecule has 7 aliphatic rings. The number of aryl methyl sites for hydroxylation is 1. The Kier molecular flexibility index (Phi) is 10.9. The van der Waals surface area contributed by atoms with Crippen LogP contribution in [0.15, 0.2) is 78.6 Å². The molecular weight excluding hydrogens is 862 g/mol. The number of thiazole rings is 1. The Morgan fingerprint density at radius 2 is 1.68 bits per heavy atom. The number of nitrogens with zero attached hydrogens (tertiary/aromatic N) is 6. The minimum absolute atomic E-state index is 0.0510. The molecule has 15 nitrogen and oxygen atoms in total. The van der Waals surface area contributed by atoms with Crippen molar-refractivity contribution in [3.63, 3.8) is 0 Å². The molecule has 1 unspecified atom stereocenters. The third kappa shape index (κ3) is 7.91. The summed E-state index contributed by atoms with van der Waals surface area (Å²) >= 11 is 1.28. The van der Waals surface area contributed by atoms with Gasteiger partial charge < -0.3 is 24.4 Å². The van der Waals surface area contributed by atoms with Gasteiger partial charge in [-0.2, -0.15) is 0 Å². The first-order chi connectivity index (χ1) is 32.1. The third-order valence-electron chi connectivity index (χ3n) is 14.5. The summed E-state index contributed by atoms with van der Waals surface area (Å²) in [6.07, 6.45) is 9.35. The van der Waals surface area contributed by atoms with Crippen LogP contribution in [0.4, 0.5) is 15.2 Å².